The van der Waals surface area contributed by atoms with Crippen molar-refractivity contribution in [2.45, 2.75) is 6.10 Å². The highest BCUT2D eigenvalue weighted by molar-refractivity contribution is 5.74. The number of nitrogens with zero attached hydrogens (tertiary/aromatic N) is 1. The monoisotopic (exact) mass is 213 g/mol. The lowest BCUT2D eigenvalue weighted by Gasteiger charge is -2.09. The lowest BCUT2D eigenvalue weighted by Crippen LogP contribution is -2.01. The molecular weight excluding hydrogens is 202 g/mol. The number of aliphatic hydroxyl groups excluding tert-OH is 1. The summed E-state index contributed by atoms with van der Waals surface area (Å²) in [5, 5.41) is 10.0. The van der Waals surface area contributed by atoms with Gasteiger partial charge >= 0.3 is 0 Å². The first kappa shape index (κ1) is 10.5. The number of hydrogen-bond donors (Lipinski definition) is 1. The van der Waals surface area contributed by atoms with Crippen LogP contribution in [0, 0.1) is 0 Å². The summed E-state index contributed by atoms with van der Waals surface area (Å²) in [4.78, 5) is 14.6. The molecular formula is C13H11NO2. The van der Waals surface area contributed by atoms with Gasteiger partial charge in [0.05, 0.1) is 5.69 Å². The topological polar surface area (TPSA) is 50.2 Å². The molecule has 0 radical (unpaired) electrons. The van der Waals surface area contributed by atoms with Crippen LogP contribution >= 0.6 is 0 Å². The second-order valence-corrected chi connectivity index (χ2v) is 3.44. The van der Waals surface area contributed by atoms with Crippen LogP contribution < -0.4 is 0 Å². The number of benzene rings is 1. The second kappa shape index (κ2) is 4.68. The third-order valence-corrected chi connectivity index (χ3v) is 2.36. The van der Waals surface area contributed by atoms with Gasteiger partial charge in [-0.05, 0) is 17.7 Å². The van der Waals surface area contributed by atoms with Gasteiger partial charge in [0, 0.05) is 11.8 Å². The molecule has 2 aromatic rings. The smallest absolute Gasteiger partial charge is 0.150 e. The van der Waals surface area contributed by atoms with E-state index in [-0.39, 0.29) is 0 Å². The number of rotatable bonds is 3. The maximum atomic E-state index is 10.5. The Kier molecular flexibility index (Phi) is 3.08. The number of carbonyl (C=O) groups excluding carboxylic acids is 1. The quantitative estimate of drug-likeness (QED) is 0.793. The van der Waals surface area contributed by atoms with E-state index >= 15 is 0 Å². The number of hydrogen-bond acceptors (Lipinski definition) is 3. The van der Waals surface area contributed by atoms with Crippen molar-refractivity contribution in [3.8, 4) is 0 Å². The summed E-state index contributed by atoms with van der Waals surface area (Å²) in [6.45, 7) is 0. The summed E-state index contributed by atoms with van der Waals surface area (Å²) in [6.07, 6.45) is 1.66. The maximum Gasteiger partial charge on any atom is 0.150 e. The third kappa shape index (κ3) is 2.15. The van der Waals surface area contributed by atoms with Gasteiger partial charge in [0.15, 0.2) is 0 Å². The van der Waals surface area contributed by atoms with Crippen LogP contribution in [0.3, 0.4) is 0 Å². The van der Waals surface area contributed by atoms with E-state index in [4.69, 9.17) is 0 Å². The largest absolute Gasteiger partial charge is 0.382 e. The molecule has 1 N–H and O–H groups in total. The van der Waals surface area contributed by atoms with E-state index in [1.165, 1.54) is 0 Å². The normalized spacial score (nSPS) is 12.1. The summed E-state index contributed by atoms with van der Waals surface area (Å²) >= 11 is 0. The first-order valence-electron chi connectivity index (χ1n) is 4.95. The van der Waals surface area contributed by atoms with Crippen LogP contribution in [-0.4, -0.2) is 16.4 Å². The Bertz CT molecular complexity index is 465. The zero-order valence-electron chi connectivity index (χ0n) is 8.58. The Morgan fingerprint density at radius 1 is 1.12 bits per heavy atom. The van der Waals surface area contributed by atoms with Gasteiger partial charge in [-0.3, -0.25) is 9.78 Å². The number of aldehydes is 1. The van der Waals surface area contributed by atoms with Gasteiger partial charge in [0.2, 0.25) is 0 Å². The Balaban J connectivity index is 2.27. The Labute approximate surface area is 93.4 Å². The van der Waals surface area contributed by atoms with E-state index in [9.17, 15) is 9.90 Å². The second-order valence-electron chi connectivity index (χ2n) is 3.44. The van der Waals surface area contributed by atoms with E-state index in [0.29, 0.717) is 11.3 Å². The van der Waals surface area contributed by atoms with Gasteiger partial charge in [0.1, 0.15) is 12.4 Å². The summed E-state index contributed by atoms with van der Waals surface area (Å²) in [5.74, 6) is 0. The highest BCUT2D eigenvalue weighted by Crippen LogP contribution is 2.19. The van der Waals surface area contributed by atoms with Crippen LogP contribution in [0.5, 0.6) is 0 Å². The summed E-state index contributed by atoms with van der Waals surface area (Å²) < 4.78 is 0. The first-order chi connectivity index (χ1) is 7.81. The van der Waals surface area contributed by atoms with Gasteiger partial charge < -0.3 is 5.11 Å². The van der Waals surface area contributed by atoms with Crippen LogP contribution in [-0.2, 0) is 0 Å². The molecule has 0 aliphatic heterocycles. The number of pyridine rings is 1. The molecule has 1 aromatic carbocycles. The van der Waals surface area contributed by atoms with Gasteiger partial charge in [-0.15, -0.1) is 0 Å². The molecule has 0 aliphatic rings. The van der Waals surface area contributed by atoms with Crippen LogP contribution in [0.1, 0.15) is 27.7 Å². The minimum absolute atomic E-state index is 0.594. The maximum absolute atomic E-state index is 10.5. The van der Waals surface area contributed by atoms with Crippen molar-refractivity contribution >= 4 is 6.29 Å². The van der Waals surface area contributed by atoms with Crippen molar-refractivity contribution in [1.82, 2.24) is 4.98 Å². The Hall–Kier alpha value is -2.00. The van der Waals surface area contributed by atoms with Crippen molar-refractivity contribution in [1.29, 1.82) is 0 Å². The average molecular weight is 213 g/mol. The van der Waals surface area contributed by atoms with Gasteiger partial charge in [-0.2, -0.15) is 0 Å². The first-order valence-corrected chi connectivity index (χ1v) is 4.95. The number of carbonyl (C=O) groups is 1. The molecule has 1 heterocycles. The van der Waals surface area contributed by atoms with Gasteiger partial charge in [-0.25, -0.2) is 0 Å². The van der Waals surface area contributed by atoms with Crippen molar-refractivity contribution in [2.75, 3.05) is 0 Å². The lowest BCUT2D eigenvalue weighted by atomic mass is 10.0. The highest BCUT2D eigenvalue weighted by atomic mass is 16.3. The molecule has 16 heavy (non-hydrogen) atoms. The van der Waals surface area contributed by atoms with Crippen molar-refractivity contribution in [3.05, 3.63) is 65.5 Å². The Morgan fingerprint density at radius 3 is 2.44 bits per heavy atom. The van der Waals surface area contributed by atoms with Gasteiger partial charge in [0.25, 0.3) is 0 Å². The lowest BCUT2D eigenvalue weighted by molar-refractivity contribution is 0.112. The minimum atomic E-state index is -0.748. The highest BCUT2D eigenvalue weighted by Gasteiger charge is 2.10. The average Bonchev–Trinajstić information content (AvgIpc) is 2.39. The molecule has 0 spiro atoms. The fourth-order valence-corrected chi connectivity index (χ4v) is 1.47. The standard InChI is InChI=1S/C13H11NO2/c15-9-10-4-6-11(7-5-10)13(16)12-3-1-2-8-14-12/h1-9,13,16H. The molecule has 0 saturated carbocycles. The molecule has 0 saturated heterocycles. The fraction of sp³-hybridized carbons (Fsp3) is 0.0769. The predicted octanol–water partition coefficient (Wildman–Crippen LogP) is 1.98. The van der Waals surface area contributed by atoms with Crippen LogP contribution in [0.4, 0.5) is 0 Å². The van der Waals surface area contributed by atoms with Gasteiger partial charge in [-0.1, -0.05) is 30.3 Å². The molecule has 0 fully saturated rings. The van der Waals surface area contributed by atoms with Crippen LogP contribution in [0.15, 0.2) is 48.7 Å². The number of aliphatic hydroxyl groups is 1. The molecule has 1 atom stereocenters. The predicted molar refractivity (Wildman–Crippen MR) is 60.1 cm³/mol. The Morgan fingerprint density at radius 2 is 1.88 bits per heavy atom. The molecule has 3 heteroatoms. The molecule has 3 nitrogen and oxygen atoms in total. The molecule has 1 aromatic heterocycles. The van der Waals surface area contributed by atoms with Crippen molar-refractivity contribution in [2.24, 2.45) is 0 Å². The molecule has 0 aliphatic carbocycles. The van der Waals surface area contributed by atoms with Crippen LogP contribution in [0.25, 0.3) is 0 Å². The SMILES string of the molecule is O=Cc1ccc(C(O)c2ccccn2)cc1. The third-order valence-electron chi connectivity index (χ3n) is 2.36. The molecule has 0 bridgehead atoms. The van der Waals surface area contributed by atoms with Crippen LogP contribution in [0.2, 0.25) is 0 Å². The van der Waals surface area contributed by atoms with E-state index in [1.54, 1.807) is 42.6 Å². The van der Waals surface area contributed by atoms with E-state index in [0.717, 1.165) is 11.8 Å². The zero-order valence-corrected chi connectivity index (χ0v) is 8.58. The van der Waals surface area contributed by atoms with E-state index in [2.05, 4.69) is 4.98 Å². The summed E-state index contributed by atoms with van der Waals surface area (Å²) in [7, 11) is 0. The minimum Gasteiger partial charge on any atom is -0.382 e. The molecule has 80 valence electrons. The summed E-state index contributed by atoms with van der Waals surface area (Å²) in [5.41, 5.74) is 1.92. The van der Waals surface area contributed by atoms with E-state index < -0.39 is 6.10 Å². The molecule has 2 rings (SSSR count). The molecule has 0 amide bonds. The van der Waals surface area contributed by atoms with Crippen molar-refractivity contribution in [3.63, 3.8) is 0 Å². The summed E-state index contributed by atoms with van der Waals surface area (Å²) in [6, 6.07) is 12.2. The van der Waals surface area contributed by atoms with Crippen molar-refractivity contribution < 1.29 is 9.90 Å². The van der Waals surface area contributed by atoms with E-state index in [1.807, 2.05) is 6.07 Å². The number of aromatic nitrogens is 1. The fourth-order valence-electron chi connectivity index (χ4n) is 1.47. The zero-order chi connectivity index (χ0) is 11.4. The molecule has 1 unspecified atom stereocenters.